The van der Waals surface area contributed by atoms with Crippen molar-refractivity contribution in [3.05, 3.63) is 36.0 Å². The zero-order chi connectivity index (χ0) is 18.3. The molecule has 2 unspecified atom stereocenters. The van der Waals surface area contributed by atoms with Crippen LogP contribution < -0.4 is 4.74 Å². The number of rotatable bonds is 4. The van der Waals surface area contributed by atoms with Crippen LogP contribution in [0.4, 0.5) is 0 Å². The van der Waals surface area contributed by atoms with Gasteiger partial charge in [-0.15, -0.1) is 0 Å². The summed E-state index contributed by atoms with van der Waals surface area (Å²) in [5.41, 5.74) is 0.566. The van der Waals surface area contributed by atoms with E-state index in [9.17, 15) is 13.2 Å². The smallest absolute Gasteiger partial charge is 0.253 e. The maximum atomic E-state index is 13.1. The van der Waals surface area contributed by atoms with Crippen LogP contribution in [0, 0.1) is 0 Å². The molecular formula is C17H20N4O4S. The van der Waals surface area contributed by atoms with Crippen LogP contribution in [0.2, 0.25) is 0 Å². The number of likely N-dealkylation sites (tertiary alicyclic amines) is 1. The molecular weight excluding hydrogens is 356 g/mol. The quantitative estimate of drug-likeness (QED) is 0.794. The third kappa shape index (κ3) is 2.80. The number of nitrogens with zero attached hydrogens (tertiary/aromatic N) is 4. The minimum atomic E-state index is -3.60. The normalized spacial score (nSPS) is 25.4. The van der Waals surface area contributed by atoms with Gasteiger partial charge in [-0.05, 0) is 37.1 Å². The monoisotopic (exact) mass is 376 g/mol. The lowest BCUT2D eigenvalue weighted by atomic mass is 10.2. The SMILES string of the molecule is COc1ccc(S(=O)(=O)N2C3CCC2CN(C(=O)C2=CN=NC2)C3)cc1. The predicted octanol–water partition coefficient (Wildman–Crippen LogP) is 1.41. The summed E-state index contributed by atoms with van der Waals surface area (Å²) in [6.07, 6.45) is 3.01. The molecule has 138 valence electrons. The number of hydrogen-bond donors (Lipinski definition) is 0. The number of sulfonamides is 1. The molecule has 4 rings (SSSR count). The van der Waals surface area contributed by atoms with Crippen LogP contribution in [-0.4, -0.2) is 62.4 Å². The average Bonchev–Trinajstić information content (AvgIpc) is 3.28. The average molecular weight is 376 g/mol. The van der Waals surface area contributed by atoms with Gasteiger partial charge in [0.25, 0.3) is 5.91 Å². The summed E-state index contributed by atoms with van der Waals surface area (Å²) in [7, 11) is -2.06. The highest BCUT2D eigenvalue weighted by molar-refractivity contribution is 7.89. The number of piperazine rings is 1. The van der Waals surface area contributed by atoms with Gasteiger partial charge in [0.05, 0.1) is 30.3 Å². The second-order valence-corrected chi connectivity index (χ2v) is 8.52. The summed E-state index contributed by atoms with van der Waals surface area (Å²) < 4.78 is 32.9. The molecule has 2 atom stereocenters. The first-order valence-electron chi connectivity index (χ1n) is 8.53. The highest BCUT2D eigenvalue weighted by Crippen LogP contribution is 2.36. The molecule has 0 spiro atoms. The Morgan fingerprint density at radius 3 is 2.35 bits per heavy atom. The van der Waals surface area contributed by atoms with Crippen LogP contribution >= 0.6 is 0 Å². The maximum absolute atomic E-state index is 13.1. The van der Waals surface area contributed by atoms with Crippen molar-refractivity contribution in [2.45, 2.75) is 29.8 Å². The lowest BCUT2D eigenvalue weighted by Gasteiger charge is -2.40. The van der Waals surface area contributed by atoms with Gasteiger partial charge in [-0.3, -0.25) is 4.79 Å². The van der Waals surface area contributed by atoms with Crippen molar-refractivity contribution in [3.63, 3.8) is 0 Å². The number of benzene rings is 1. The number of fused-ring (bicyclic) bond motifs is 2. The molecule has 3 aliphatic heterocycles. The van der Waals surface area contributed by atoms with Gasteiger partial charge in [-0.1, -0.05) is 0 Å². The molecule has 3 aliphatic rings. The molecule has 1 aromatic carbocycles. The van der Waals surface area contributed by atoms with E-state index < -0.39 is 10.0 Å². The van der Waals surface area contributed by atoms with E-state index in [4.69, 9.17) is 4.74 Å². The topological polar surface area (TPSA) is 91.6 Å². The molecule has 0 N–H and O–H groups in total. The fraction of sp³-hybridized carbons (Fsp3) is 0.471. The summed E-state index contributed by atoms with van der Waals surface area (Å²) in [6, 6.07) is 6.04. The minimum absolute atomic E-state index is 0.0894. The van der Waals surface area contributed by atoms with Gasteiger partial charge in [0, 0.05) is 25.2 Å². The molecule has 2 fully saturated rings. The van der Waals surface area contributed by atoms with Gasteiger partial charge in [-0.25, -0.2) is 8.42 Å². The van der Waals surface area contributed by atoms with Crippen molar-refractivity contribution in [1.82, 2.24) is 9.21 Å². The van der Waals surface area contributed by atoms with E-state index in [2.05, 4.69) is 10.2 Å². The van der Waals surface area contributed by atoms with Crippen LogP contribution in [0.1, 0.15) is 12.8 Å². The number of methoxy groups -OCH3 is 1. The number of hydrogen-bond acceptors (Lipinski definition) is 6. The first kappa shape index (κ1) is 17.2. The fourth-order valence-corrected chi connectivity index (χ4v) is 5.74. The van der Waals surface area contributed by atoms with E-state index in [1.165, 1.54) is 6.20 Å². The molecule has 2 saturated heterocycles. The maximum Gasteiger partial charge on any atom is 0.253 e. The predicted molar refractivity (Wildman–Crippen MR) is 93.2 cm³/mol. The number of carbonyl (C=O) groups excluding carboxylic acids is 1. The fourth-order valence-electron chi connectivity index (χ4n) is 3.89. The van der Waals surface area contributed by atoms with E-state index in [0.717, 1.165) is 12.8 Å². The van der Waals surface area contributed by atoms with Crippen molar-refractivity contribution < 1.29 is 17.9 Å². The minimum Gasteiger partial charge on any atom is -0.497 e. The summed E-state index contributed by atoms with van der Waals surface area (Å²) in [4.78, 5) is 14.6. The Balaban J connectivity index is 1.55. The third-order valence-electron chi connectivity index (χ3n) is 5.15. The molecule has 26 heavy (non-hydrogen) atoms. The van der Waals surface area contributed by atoms with Gasteiger partial charge >= 0.3 is 0 Å². The van der Waals surface area contributed by atoms with Gasteiger partial charge in [-0.2, -0.15) is 14.5 Å². The number of ether oxygens (including phenoxy) is 1. The summed E-state index contributed by atoms with van der Waals surface area (Å²) >= 11 is 0. The summed E-state index contributed by atoms with van der Waals surface area (Å²) in [5.74, 6) is 0.524. The number of azo groups is 1. The molecule has 0 radical (unpaired) electrons. The van der Waals surface area contributed by atoms with Crippen LogP contribution in [0.5, 0.6) is 5.75 Å². The Morgan fingerprint density at radius 2 is 1.81 bits per heavy atom. The highest BCUT2D eigenvalue weighted by atomic mass is 32.2. The Bertz CT molecular complexity index is 865. The van der Waals surface area contributed by atoms with E-state index >= 15 is 0 Å². The molecule has 0 aromatic heterocycles. The second-order valence-electron chi connectivity index (χ2n) is 6.67. The van der Waals surface area contributed by atoms with Gasteiger partial charge in [0.1, 0.15) is 5.75 Å². The van der Waals surface area contributed by atoms with Crippen molar-refractivity contribution in [2.24, 2.45) is 10.2 Å². The standard InChI is InChI=1S/C17H20N4O4S/c1-25-15-4-6-16(7-5-15)26(23,24)21-13-2-3-14(21)11-20(10-13)17(22)12-8-18-19-9-12/h4-8,13-14H,2-3,9-11H2,1H3. The number of amides is 1. The van der Waals surface area contributed by atoms with Crippen LogP contribution in [0.15, 0.2) is 51.2 Å². The van der Waals surface area contributed by atoms with Gasteiger partial charge in [0.2, 0.25) is 10.0 Å². The zero-order valence-electron chi connectivity index (χ0n) is 14.4. The molecule has 9 heteroatoms. The van der Waals surface area contributed by atoms with Crippen molar-refractivity contribution in [3.8, 4) is 5.75 Å². The molecule has 2 bridgehead atoms. The lowest BCUT2D eigenvalue weighted by Crippen LogP contribution is -2.57. The van der Waals surface area contributed by atoms with Gasteiger partial charge in [0.15, 0.2) is 0 Å². The Morgan fingerprint density at radius 1 is 1.15 bits per heavy atom. The molecule has 8 nitrogen and oxygen atoms in total. The Labute approximate surface area is 152 Å². The summed E-state index contributed by atoms with van der Waals surface area (Å²) in [6.45, 7) is 1.11. The first-order chi connectivity index (χ1) is 12.5. The van der Waals surface area contributed by atoms with E-state index in [0.29, 0.717) is 31.0 Å². The molecule has 0 aliphatic carbocycles. The first-order valence-corrected chi connectivity index (χ1v) is 9.97. The Kier molecular flexibility index (Phi) is 4.28. The summed E-state index contributed by atoms with van der Waals surface area (Å²) in [5, 5.41) is 7.55. The largest absolute Gasteiger partial charge is 0.497 e. The molecule has 0 saturated carbocycles. The van der Waals surface area contributed by atoms with Crippen LogP contribution in [0.3, 0.4) is 0 Å². The number of carbonyl (C=O) groups is 1. The molecule has 3 heterocycles. The third-order valence-corrected chi connectivity index (χ3v) is 7.17. The lowest BCUT2D eigenvalue weighted by molar-refractivity contribution is -0.129. The van der Waals surface area contributed by atoms with Gasteiger partial charge < -0.3 is 9.64 Å². The molecule has 1 aromatic rings. The highest BCUT2D eigenvalue weighted by Gasteiger charge is 2.48. The zero-order valence-corrected chi connectivity index (χ0v) is 15.2. The van der Waals surface area contributed by atoms with Crippen LogP contribution in [0.25, 0.3) is 0 Å². The Hall–Kier alpha value is -2.26. The van der Waals surface area contributed by atoms with E-state index in [1.54, 1.807) is 40.6 Å². The second kappa shape index (κ2) is 6.48. The molecule has 1 amide bonds. The van der Waals surface area contributed by atoms with E-state index in [1.807, 2.05) is 0 Å². The van der Waals surface area contributed by atoms with Crippen molar-refractivity contribution >= 4 is 15.9 Å². The van der Waals surface area contributed by atoms with Crippen LogP contribution in [-0.2, 0) is 14.8 Å². The van der Waals surface area contributed by atoms with E-state index in [-0.39, 0.29) is 22.9 Å². The van der Waals surface area contributed by atoms with Crippen molar-refractivity contribution in [2.75, 3.05) is 26.7 Å². The van der Waals surface area contributed by atoms with Crippen molar-refractivity contribution in [1.29, 1.82) is 0 Å².